The SMILES string of the molecule is CCc1nc2cn1C1CC(C(=O)NC(Cc3ccc4ccccc4c3)C(=O)NC(C(=O)O)Cc3ccc(cc3)OCc3cn(nn3)C3CC(C(=O)NCC(=O)NC(C(=O)O)Cc4ccc(cc4)OCc4ccc-2cc4)N(C(=O)C(NC(=O)C(C)NC)C(C)(C)C)C3)N(C(=O)C(NC(=O)C(C)NC)C(C)(C)C)C1. The summed E-state index contributed by atoms with van der Waals surface area (Å²) in [5.41, 5.74) is 2.55. The molecule has 568 valence electrons. The molecule has 14 bridgehead atoms. The van der Waals surface area contributed by atoms with Crippen LogP contribution in [0, 0.1) is 10.8 Å². The lowest BCUT2D eigenvalue weighted by Crippen LogP contribution is -2.60. The predicted molar refractivity (Wildman–Crippen MR) is 396 cm³/mol. The minimum absolute atomic E-state index is 0.00369. The molecule has 2 saturated heterocycles. The number of hydrogen-bond acceptors (Lipinski definition) is 17. The number of benzene rings is 5. The molecule has 11 atom stereocenters. The standard InChI is InChI=1S/C78H97N15O14/c1-12-64-82-61-41-90(64)54-35-63(91(39-54)73(100)66(77(4,5)6)86-68(95)44(2)79-10)72(99)84-58(34-49-19-24-50-15-13-14-16-52(50)31-49)70(97)85-60(76(104)105)33-47-22-29-57(30-23-47)107-43-53-38-93(89-88-53)55-36-62(92(40-55)74(101)67(78(7,8)9)87-69(96)45(3)80-11)71(98)81-37-65(94)83-59(75(102)103)32-46-20-27-56(28-21-46)106-42-48-17-25-51(61)26-18-48/h13-31,38,41,44-45,54-55,58-60,62-63,66-67,79-80H,12,32-37,39-40,42-43H2,1-11H3,(H,81,98)(H,83,94)(H,84,99)(H,85,97)(H,86,95)(H,87,96)(H,102,103)(H,104,105). The van der Waals surface area contributed by atoms with Crippen molar-refractivity contribution < 1.29 is 67.6 Å². The third-order valence-corrected chi connectivity index (χ3v) is 20.0. The number of amides is 8. The zero-order valence-corrected chi connectivity index (χ0v) is 62.2. The molecule has 0 saturated carbocycles. The summed E-state index contributed by atoms with van der Waals surface area (Å²) in [6, 6.07) is 22.7. The van der Waals surface area contributed by atoms with E-state index in [0.717, 1.165) is 21.9 Å². The fraction of sp³-hybridized carbons (Fsp3) is 0.449. The molecule has 14 rings (SSSR count). The van der Waals surface area contributed by atoms with Crippen LogP contribution in [0.1, 0.15) is 121 Å². The van der Waals surface area contributed by atoms with Crippen LogP contribution in [0.2, 0.25) is 0 Å². The van der Waals surface area contributed by atoms with Gasteiger partial charge in [-0.2, -0.15) is 0 Å². The maximum atomic E-state index is 15.5. The topological polar surface area (TPSA) is 381 Å². The number of nitrogens with one attached hydrogen (secondary N) is 8. The Labute approximate surface area is 621 Å². The molecule has 7 aromatic rings. The van der Waals surface area contributed by atoms with Crippen molar-refractivity contribution in [3.63, 3.8) is 0 Å². The summed E-state index contributed by atoms with van der Waals surface area (Å²) in [6.07, 6.45) is 3.62. The smallest absolute Gasteiger partial charge is 0.326 e. The van der Waals surface area contributed by atoms with Gasteiger partial charge in [-0.1, -0.05) is 145 Å². The maximum absolute atomic E-state index is 15.5. The molecule has 11 unspecified atom stereocenters. The number of imidazole rings is 1. The van der Waals surface area contributed by atoms with Gasteiger partial charge in [-0.3, -0.25) is 38.4 Å². The minimum atomic E-state index is -1.51. The molecule has 29 nitrogen and oxygen atoms in total. The van der Waals surface area contributed by atoms with Crippen molar-refractivity contribution in [2.24, 2.45) is 10.8 Å². The highest BCUT2D eigenvalue weighted by atomic mass is 16.5. The van der Waals surface area contributed by atoms with Crippen LogP contribution in [-0.2, 0) is 86.8 Å². The number of nitrogens with zero attached hydrogens (tertiary/aromatic N) is 7. The molecule has 7 aliphatic heterocycles. The summed E-state index contributed by atoms with van der Waals surface area (Å²) in [7, 11) is 3.24. The highest BCUT2D eigenvalue weighted by Gasteiger charge is 2.49. The molecule has 0 aliphatic carbocycles. The van der Waals surface area contributed by atoms with Crippen molar-refractivity contribution in [3.8, 4) is 22.8 Å². The van der Waals surface area contributed by atoms with Crippen LogP contribution < -0.4 is 52.0 Å². The molecular formula is C78H97N15O14. The van der Waals surface area contributed by atoms with Crippen molar-refractivity contribution in [3.05, 3.63) is 161 Å². The number of aromatic nitrogens is 5. The first kappa shape index (κ1) is 78.5. The summed E-state index contributed by atoms with van der Waals surface area (Å²) < 4.78 is 15.8. The van der Waals surface area contributed by atoms with Crippen LogP contribution in [0.3, 0.4) is 0 Å². The first-order valence-corrected chi connectivity index (χ1v) is 36.1. The van der Waals surface area contributed by atoms with Gasteiger partial charge in [-0.25, -0.2) is 19.3 Å². The maximum Gasteiger partial charge on any atom is 0.326 e. The van der Waals surface area contributed by atoms with Gasteiger partial charge in [0.15, 0.2) is 0 Å². The number of hydrogen-bond donors (Lipinski definition) is 10. The van der Waals surface area contributed by atoms with Gasteiger partial charge in [-0.15, -0.1) is 5.10 Å². The number of rotatable bonds is 13. The van der Waals surface area contributed by atoms with E-state index in [1.54, 1.807) is 103 Å². The number of carbonyl (C=O) groups is 10. The Morgan fingerprint density at radius 3 is 1.68 bits per heavy atom. The van der Waals surface area contributed by atoms with Crippen LogP contribution in [-0.4, -0.2) is 192 Å². The fourth-order valence-corrected chi connectivity index (χ4v) is 13.4. The van der Waals surface area contributed by atoms with Crippen molar-refractivity contribution >= 4 is 70.0 Å². The van der Waals surface area contributed by atoms with Crippen molar-refractivity contribution in [2.45, 2.75) is 181 Å². The Morgan fingerprint density at radius 1 is 0.607 bits per heavy atom. The summed E-state index contributed by atoms with van der Waals surface area (Å²) in [5.74, 6) is -6.14. The van der Waals surface area contributed by atoms with Gasteiger partial charge in [-0.05, 0) is 102 Å². The molecule has 0 radical (unpaired) electrons. The van der Waals surface area contributed by atoms with E-state index in [0.29, 0.717) is 51.8 Å². The summed E-state index contributed by atoms with van der Waals surface area (Å²) in [6.45, 7) is 15.4. The van der Waals surface area contributed by atoms with E-state index >= 15 is 9.59 Å². The second-order valence-corrected chi connectivity index (χ2v) is 29.9. The van der Waals surface area contributed by atoms with Gasteiger partial charge in [0.25, 0.3) is 0 Å². The first-order valence-electron chi connectivity index (χ1n) is 36.1. The van der Waals surface area contributed by atoms with Crippen LogP contribution in [0.4, 0.5) is 0 Å². The Kier molecular flexibility index (Phi) is 25.0. The van der Waals surface area contributed by atoms with Crippen LogP contribution in [0.15, 0.2) is 128 Å². The second kappa shape index (κ2) is 34.0. The predicted octanol–water partition coefficient (Wildman–Crippen LogP) is 4.36. The Bertz CT molecular complexity index is 4390. The van der Waals surface area contributed by atoms with Gasteiger partial charge in [0.2, 0.25) is 47.3 Å². The van der Waals surface area contributed by atoms with Gasteiger partial charge in [0.05, 0.1) is 42.6 Å². The average molecular weight is 1470 g/mol. The van der Waals surface area contributed by atoms with Gasteiger partial charge >= 0.3 is 11.9 Å². The van der Waals surface area contributed by atoms with Crippen LogP contribution >= 0.6 is 0 Å². The Morgan fingerprint density at radius 2 is 1.13 bits per heavy atom. The molecule has 2 fully saturated rings. The van der Waals surface area contributed by atoms with E-state index in [-0.39, 0.29) is 58.4 Å². The fourth-order valence-electron chi connectivity index (χ4n) is 13.4. The zero-order chi connectivity index (χ0) is 77.2. The Balaban J connectivity index is 0.961. The first-order chi connectivity index (χ1) is 50.9. The molecule has 2 aromatic heterocycles. The molecule has 9 heterocycles. The number of ether oxygens (including phenoxy) is 2. The normalized spacial score (nSPS) is 21.2. The summed E-state index contributed by atoms with van der Waals surface area (Å²) in [4.78, 5) is 149. The number of likely N-dealkylation sites (tertiary alicyclic amines) is 2. The minimum Gasteiger partial charge on any atom is -0.489 e. The molecular weight excluding hydrogens is 1370 g/mol. The molecule has 10 N–H and O–H groups in total. The number of fused-ring (bicyclic) bond motifs is 2. The van der Waals surface area contributed by atoms with E-state index in [4.69, 9.17) is 14.5 Å². The quantitative estimate of drug-likeness (QED) is 0.0766. The highest BCUT2D eigenvalue weighted by molar-refractivity contribution is 5.98. The van der Waals surface area contributed by atoms with E-state index in [2.05, 4.69) is 52.8 Å². The second-order valence-electron chi connectivity index (χ2n) is 29.9. The summed E-state index contributed by atoms with van der Waals surface area (Å²) >= 11 is 0. The third-order valence-electron chi connectivity index (χ3n) is 20.0. The van der Waals surface area contributed by atoms with Crippen LogP contribution in [0.5, 0.6) is 11.5 Å². The zero-order valence-electron chi connectivity index (χ0n) is 62.2. The van der Waals surface area contributed by atoms with E-state index in [1.165, 1.54) is 14.5 Å². The van der Waals surface area contributed by atoms with Crippen LogP contribution in [0.25, 0.3) is 22.0 Å². The van der Waals surface area contributed by atoms with E-state index in [1.807, 2.05) is 105 Å². The number of carbonyl (C=O) groups excluding carboxylic acids is 8. The molecule has 8 amide bonds. The van der Waals surface area contributed by atoms with Crippen molar-refractivity contribution in [1.82, 2.24) is 76.9 Å². The highest BCUT2D eigenvalue weighted by Crippen LogP contribution is 2.36. The van der Waals surface area contributed by atoms with Gasteiger partial charge < -0.3 is 76.6 Å². The third kappa shape index (κ3) is 19.5. The monoisotopic (exact) mass is 1470 g/mol. The number of aryl methyl sites for hydroxylation is 1. The number of aliphatic carboxylic acids is 2. The van der Waals surface area contributed by atoms with E-state index < -0.39 is 143 Å². The molecule has 0 spiro atoms. The molecule has 7 aliphatic rings. The average Bonchev–Trinajstić information content (AvgIpc) is 1.64. The largest absolute Gasteiger partial charge is 0.489 e. The summed E-state index contributed by atoms with van der Waals surface area (Å²) in [5, 5.41) is 54.0. The molecule has 5 aromatic carbocycles. The number of likely N-dealkylation sites (N-methyl/N-ethyl adjacent to an activating group) is 2. The van der Waals surface area contributed by atoms with Crippen molar-refractivity contribution in [1.29, 1.82) is 0 Å². The lowest BCUT2D eigenvalue weighted by Gasteiger charge is -2.36. The molecule has 29 heteroatoms. The number of carboxylic acids is 2. The van der Waals surface area contributed by atoms with Gasteiger partial charge in [0.1, 0.15) is 78.5 Å². The molecule has 107 heavy (non-hydrogen) atoms. The van der Waals surface area contributed by atoms with Crippen molar-refractivity contribution in [2.75, 3.05) is 33.7 Å². The lowest BCUT2D eigenvalue weighted by atomic mass is 9.85. The Hall–Kier alpha value is -11.1. The lowest BCUT2D eigenvalue weighted by molar-refractivity contribution is -0.145. The van der Waals surface area contributed by atoms with E-state index in [9.17, 15) is 48.6 Å². The number of carboxylic acid groups (broad SMARTS) is 2. The van der Waals surface area contributed by atoms with Gasteiger partial charge in [0, 0.05) is 57.0 Å².